The summed E-state index contributed by atoms with van der Waals surface area (Å²) >= 11 is 0. The van der Waals surface area contributed by atoms with E-state index < -0.39 is 22.1 Å². The lowest BCUT2D eigenvalue weighted by Crippen LogP contribution is -2.47. The van der Waals surface area contributed by atoms with Gasteiger partial charge in [-0.1, -0.05) is 17.7 Å². The second kappa shape index (κ2) is 8.54. The number of nitrogens with zero attached hydrogens (tertiary/aromatic N) is 1. The highest BCUT2D eigenvalue weighted by Crippen LogP contribution is 2.19. The third kappa shape index (κ3) is 5.71. The van der Waals surface area contributed by atoms with Gasteiger partial charge in [0.05, 0.1) is 18.6 Å². The Labute approximate surface area is 158 Å². The molecule has 2 rings (SSSR count). The number of hydrogen-bond acceptors (Lipinski definition) is 5. The molecule has 8 nitrogen and oxygen atoms in total. The van der Waals surface area contributed by atoms with Gasteiger partial charge in [0.1, 0.15) is 5.75 Å². The van der Waals surface area contributed by atoms with Crippen molar-refractivity contribution in [2.24, 2.45) is 0 Å². The van der Waals surface area contributed by atoms with Crippen LogP contribution >= 0.6 is 0 Å². The van der Waals surface area contributed by atoms with Crippen LogP contribution in [-0.4, -0.2) is 33.3 Å². The molecule has 9 heteroatoms. The number of benzene rings is 2. The van der Waals surface area contributed by atoms with Crippen LogP contribution in [0.25, 0.3) is 0 Å². The summed E-state index contributed by atoms with van der Waals surface area (Å²) in [6.45, 7) is 4.20. The quantitative estimate of drug-likeness (QED) is 0.815. The molecule has 2 aromatic carbocycles. The van der Waals surface area contributed by atoms with Crippen LogP contribution in [0.2, 0.25) is 0 Å². The molecule has 0 atom stereocenters. The largest absolute Gasteiger partial charge is 0.494 e. The zero-order valence-corrected chi connectivity index (χ0v) is 16.0. The van der Waals surface area contributed by atoms with Gasteiger partial charge in [-0.25, -0.2) is 18.0 Å². The standard InChI is InChI=1S/C18H21N3O5S/c1-4-26-16-11-7-14(8-12-16)19-17(22)20-18(23)21(27(3,24)25)15-9-5-13(2)6-10-15/h5-12H,4H2,1-3H3,(H2,19,20,22,23). The fourth-order valence-corrected chi connectivity index (χ4v) is 3.10. The van der Waals surface area contributed by atoms with Crippen molar-refractivity contribution in [3.05, 3.63) is 54.1 Å². The van der Waals surface area contributed by atoms with Gasteiger partial charge in [-0.05, 0) is 50.2 Å². The highest BCUT2D eigenvalue weighted by molar-refractivity contribution is 7.92. The maximum Gasteiger partial charge on any atom is 0.343 e. The predicted octanol–water partition coefficient (Wildman–Crippen LogP) is 3.10. The monoisotopic (exact) mass is 391 g/mol. The van der Waals surface area contributed by atoms with Crippen LogP contribution < -0.4 is 19.7 Å². The molecule has 144 valence electrons. The van der Waals surface area contributed by atoms with Crippen LogP contribution in [0.5, 0.6) is 5.75 Å². The molecule has 0 radical (unpaired) electrons. The molecule has 0 bridgehead atoms. The van der Waals surface area contributed by atoms with E-state index >= 15 is 0 Å². The van der Waals surface area contributed by atoms with E-state index in [0.717, 1.165) is 11.8 Å². The van der Waals surface area contributed by atoms with Crippen molar-refractivity contribution in [1.82, 2.24) is 5.32 Å². The van der Waals surface area contributed by atoms with E-state index in [-0.39, 0.29) is 5.69 Å². The maximum absolute atomic E-state index is 12.4. The van der Waals surface area contributed by atoms with E-state index in [2.05, 4.69) is 5.32 Å². The smallest absolute Gasteiger partial charge is 0.343 e. The minimum Gasteiger partial charge on any atom is -0.494 e. The molecule has 2 N–H and O–H groups in total. The van der Waals surface area contributed by atoms with Crippen molar-refractivity contribution in [3.8, 4) is 5.75 Å². The first kappa shape index (κ1) is 20.2. The Balaban J connectivity index is 2.10. The van der Waals surface area contributed by atoms with Crippen molar-refractivity contribution >= 4 is 33.5 Å². The first-order chi connectivity index (χ1) is 12.7. The van der Waals surface area contributed by atoms with Crippen molar-refractivity contribution in [1.29, 1.82) is 0 Å². The van der Waals surface area contributed by atoms with Gasteiger partial charge in [-0.2, -0.15) is 4.31 Å². The van der Waals surface area contributed by atoms with Gasteiger partial charge in [0.2, 0.25) is 10.0 Å². The van der Waals surface area contributed by atoms with Gasteiger partial charge in [0.15, 0.2) is 0 Å². The molecule has 0 heterocycles. The summed E-state index contributed by atoms with van der Waals surface area (Å²) in [4.78, 5) is 24.4. The second-order valence-electron chi connectivity index (χ2n) is 5.70. The number of amides is 4. The summed E-state index contributed by atoms with van der Waals surface area (Å²) < 4.78 is 29.9. The molecule has 0 aliphatic rings. The van der Waals surface area contributed by atoms with E-state index in [1.54, 1.807) is 36.4 Å². The number of carbonyl (C=O) groups excluding carboxylic acids is 2. The fraction of sp³-hybridized carbons (Fsp3) is 0.222. The van der Waals surface area contributed by atoms with E-state index in [1.165, 1.54) is 12.1 Å². The Morgan fingerprint density at radius 3 is 2.15 bits per heavy atom. The minimum atomic E-state index is -3.94. The van der Waals surface area contributed by atoms with E-state index in [0.29, 0.717) is 22.3 Å². The SMILES string of the molecule is CCOc1ccc(NC(=O)NC(=O)N(c2ccc(C)cc2)S(C)(=O)=O)cc1. The third-order valence-electron chi connectivity index (χ3n) is 3.43. The number of carbonyl (C=O) groups is 2. The second-order valence-corrected chi connectivity index (χ2v) is 7.54. The first-order valence-corrected chi connectivity index (χ1v) is 9.97. The molecule has 0 aliphatic heterocycles. The molecule has 0 saturated heterocycles. The molecule has 0 fully saturated rings. The van der Waals surface area contributed by atoms with Crippen molar-refractivity contribution in [2.75, 3.05) is 22.5 Å². The summed E-state index contributed by atoms with van der Waals surface area (Å²) in [6, 6.07) is 10.9. The number of rotatable bonds is 5. The highest BCUT2D eigenvalue weighted by Gasteiger charge is 2.26. The molecular weight excluding hydrogens is 370 g/mol. The van der Waals surface area contributed by atoms with Crippen molar-refractivity contribution in [2.45, 2.75) is 13.8 Å². The lowest BCUT2D eigenvalue weighted by atomic mass is 10.2. The number of ether oxygens (including phenoxy) is 1. The van der Waals surface area contributed by atoms with Gasteiger partial charge in [0, 0.05) is 5.69 Å². The molecule has 0 aliphatic carbocycles. The molecule has 27 heavy (non-hydrogen) atoms. The molecule has 0 aromatic heterocycles. The summed E-state index contributed by atoms with van der Waals surface area (Å²) in [5.41, 5.74) is 1.46. The lowest BCUT2D eigenvalue weighted by molar-refractivity contribution is 0.238. The summed E-state index contributed by atoms with van der Waals surface area (Å²) in [6.07, 6.45) is 0.886. The number of sulfonamides is 1. The molecule has 4 amide bonds. The molecule has 0 unspecified atom stereocenters. The van der Waals surface area contributed by atoms with E-state index in [9.17, 15) is 18.0 Å². The molecule has 0 spiro atoms. The van der Waals surface area contributed by atoms with Crippen LogP contribution in [-0.2, 0) is 10.0 Å². The number of imide groups is 1. The molecule has 2 aromatic rings. The number of urea groups is 2. The van der Waals surface area contributed by atoms with E-state index in [1.807, 2.05) is 19.2 Å². The number of nitrogens with one attached hydrogen (secondary N) is 2. The van der Waals surface area contributed by atoms with Crippen molar-refractivity contribution < 1.29 is 22.7 Å². The summed E-state index contributed by atoms with van der Waals surface area (Å²) in [5, 5.41) is 4.48. The Morgan fingerprint density at radius 2 is 1.63 bits per heavy atom. The topological polar surface area (TPSA) is 105 Å². The van der Waals surface area contributed by atoms with E-state index in [4.69, 9.17) is 4.74 Å². The van der Waals surface area contributed by atoms with Gasteiger partial charge in [-0.15, -0.1) is 0 Å². The Morgan fingerprint density at radius 1 is 1.04 bits per heavy atom. The van der Waals surface area contributed by atoms with Gasteiger partial charge in [-0.3, -0.25) is 5.32 Å². The Bertz CT molecular complexity index is 909. The number of aryl methyl sites for hydroxylation is 1. The van der Waals surface area contributed by atoms with Crippen LogP contribution in [0, 0.1) is 6.92 Å². The minimum absolute atomic E-state index is 0.134. The predicted molar refractivity (Wildman–Crippen MR) is 104 cm³/mol. The normalized spacial score (nSPS) is 10.8. The summed E-state index contributed by atoms with van der Waals surface area (Å²) in [5.74, 6) is 0.641. The average Bonchev–Trinajstić information content (AvgIpc) is 2.57. The Kier molecular flexibility index (Phi) is 6.40. The molecule has 0 saturated carbocycles. The van der Waals surface area contributed by atoms with Gasteiger partial charge >= 0.3 is 12.1 Å². The first-order valence-electron chi connectivity index (χ1n) is 8.12. The zero-order valence-electron chi connectivity index (χ0n) is 15.2. The molecular formula is C18H21N3O5S. The fourth-order valence-electron chi connectivity index (χ4n) is 2.25. The Hall–Kier alpha value is -3.07. The van der Waals surface area contributed by atoms with Gasteiger partial charge in [0.25, 0.3) is 0 Å². The van der Waals surface area contributed by atoms with Gasteiger partial charge < -0.3 is 10.1 Å². The highest BCUT2D eigenvalue weighted by atomic mass is 32.2. The number of anilines is 2. The lowest BCUT2D eigenvalue weighted by Gasteiger charge is -2.20. The summed E-state index contributed by atoms with van der Waals surface area (Å²) in [7, 11) is -3.94. The number of hydrogen-bond donors (Lipinski definition) is 2. The third-order valence-corrected chi connectivity index (χ3v) is 4.47. The van der Waals surface area contributed by atoms with Crippen LogP contribution in [0.1, 0.15) is 12.5 Å². The van der Waals surface area contributed by atoms with Crippen molar-refractivity contribution in [3.63, 3.8) is 0 Å². The van der Waals surface area contributed by atoms with Crippen LogP contribution in [0.4, 0.5) is 21.0 Å². The van der Waals surface area contributed by atoms with Crippen LogP contribution in [0.15, 0.2) is 48.5 Å². The zero-order chi connectivity index (χ0) is 20.0. The van der Waals surface area contributed by atoms with Crippen LogP contribution in [0.3, 0.4) is 0 Å². The maximum atomic E-state index is 12.4. The average molecular weight is 391 g/mol.